The molecule has 0 atom stereocenters. The maximum Gasteiger partial charge on any atom is 0.534 e. The van der Waals surface area contributed by atoms with Crippen LogP contribution in [0.25, 0.3) is 0 Å². The number of hydrogen-bond acceptors (Lipinski definition) is 5. The van der Waals surface area contributed by atoms with E-state index in [2.05, 4.69) is 8.92 Å². The highest BCUT2D eigenvalue weighted by atomic mass is 32.2. The molecule has 0 N–H and O–H groups in total. The number of esters is 1. The minimum Gasteiger partial charge on any atom is -0.469 e. The van der Waals surface area contributed by atoms with E-state index in [-0.39, 0.29) is 6.42 Å². The molecule has 0 aliphatic heterocycles. The van der Waals surface area contributed by atoms with Crippen LogP contribution in [0.4, 0.5) is 13.2 Å². The summed E-state index contributed by atoms with van der Waals surface area (Å²) in [5.41, 5.74) is -4.84. The van der Waals surface area contributed by atoms with Gasteiger partial charge in [-0.15, -0.1) is 0 Å². The van der Waals surface area contributed by atoms with E-state index in [0.717, 1.165) is 12.1 Å². The molecular formula is C11H11F3O5S. The van der Waals surface area contributed by atoms with Crippen LogP contribution in [0, 0.1) is 0 Å². The third-order valence-electron chi connectivity index (χ3n) is 2.26. The number of hydrogen-bond donors (Lipinski definition) is 0. The van der Waals surface area contributed by atoms with Crippen LogP contribution in [-0.2, 0) is 26.1 Å². The third-order valence-corrected chi connectivity index (χ3v) is 3.24. The molecule has 5 nitrogen and oxygen atoms in total. The van der Waals surface area contributed by atoms with E-state index in [0.29, 0.717) is 12.0 Å². The SMILES string of the molecule is COC(=O)CCc1ccc(OS(=O)(=O)C(F)(F)F)cc1. The zero-order chi connectivity index (χ0) is 15.4. The van der Waals surface area contributed by atoms with E-state index in [9.17, 15) is 26.4 Å². The van der Waals surface area contributed by atoms with Crippen LogP contribution in [0.2, 0.25) is 0 Å². The Balaban J connectivity index is 2.71. The summed E-state index contributed by atoms with van der Waals surface area (Å²) >= 11 is 0. The highest BCUT2D eigenvalue weighted by Crippen LogP contribution is 2.27. The highest BCUT2D eigenvalue weighted by Gasteiger charge is 2.48. The monoisotopic (exact) mass is 312 g/mol. The van der Waals surface area contributed by atoms with Crippen molar-refractivity contribution in [2.24, 2.45) is 0 Å². The lowest BCUT2D eigenvalue weighted by molar-refractivity contribution is -0.140. The van der Waals surface area contributed by atoms with Gasteiger partial charge in [0.1, 0.15) is 5.75 Å². The average Bonchev–Trinajstić information content (AvgIpc) is 2.35. The fourth-order valence-corrected chi connectivity index (χ4v) is 1.69. The van der Waals surface area contributed by atoms with Crippen molar-refractivity contribution in [2.75, 3.05) is 7.11 Å². The molecule has 0 unspecified atom stereocenters. The number of rotatable bonds is 5. The van der Waals surface area contributed by atoms with Crippen molar-refractivity contribution in [3.8, 4) is 5.75 Å². The molecule has 1 rings (SSSR count). The van der Waals surface area contributed by atoms with Gasteiger partial charge in [-0.2, -0.15) is 21.6 Å². The van der Waals surface area contributed by atoms with Gasteiger partial charge in [-0.3, -0.25) is 4.79 Å². The molecule has 0 fully saturated rings. The van der Waals surface area contributed by atoms with Gasteiger partial charge in [0.25, 0.3) is 0 Å². The number of carbonyl (C=O) groups is 1. The number of ether oxygens (including phenoxy) is 1. The maximum atomic E-state index is 12.1. The lowest BCUT2D eigenvalue weighted by Crippen LogP contribution is -2.28. The second-order valence-electron chi connectivity index (χ2n) is 3.70. The number of benzene rings is 1. The fourth-order valence-electron chi connectivity index (χ4n) is 1.23. The van der Waals surface area contributed by atoms with E-state index in [1.807, 2.05) is 0 Å². The van der Waals surface area contributed by atoms with Crippen LogP contribution in [0.3, 0.4) is 0 Å². The summed E-state index contributed by atoms with van der Waals surface area (Å²) in [6, 6.07) is 4.89. The molecule has 20 heavy (non-hydrogen) atoms. The molecule has 0 bridgehead atoms. The van der Waals surface area contributed by atoms with Crippen molar-refractivity contribution < 1.29 is 35.3 Å². The van der Waals surface area contributed by atoms with E-state index < -0.39 is 27.3 Å². The van der Waals surface area contributed by atoms with E-state index in [4.69, 9.17) is 0 Å². The summed E-state index contributed by atoms with van der Waals surface area (Å²) in [4.78, 5) is 10.9. The Kier molecular flexibility index (Phi) is 4.98. The second kappa shape index (κ2) is 6.12. The van der Waals surface area contributed by atoms with E-state index in [1.54, 1.807) is 0 Å². The molecule has 0 aliphatic rings. The predicted molar refractivity (Wildman–Crippen MR) is 62.4 cm³/mol. The molecule has 0 amide bonds. The molecule has 0 aliphatic carbocycles. The van der Waals surface area contributed by atoms with Gasteiger partial charge >= 0.3 is 21.6 Å². The van der Waals surface area contributed by atoms with Crippen molar-refractivity contribution in [1.82, 2.24) is 0 Å². The molecule has 0 aromatic heterocycles. The largest absolute Gasteiger partial charge is 0.534 e. The fraction of sp³-hybridized carbons (Fsp3) is 0.364. The Hall–Kier alpha value is -1.77. The first-order chi connectivity index (χ1) is 9.15. The molecule has 0 saturated carbocycles. The van der Waals surface area contributed by atoms with Crippen LogP contribution < -0.4 is 4.18 Å². The molecule has 112 valence electrons. The van der Waals surface area contributed by atoms with E-state index in [1.165, 1.54) is 19.2 Å². The summed E-state index contributed by atoms with van der Waals surface area (Å²) < 4.78 is 66.1. The first kappa shape index (κ1) is 16.3. The average molecular weight is 312 g/mol. The lowest BCUT2D eigenvalue weighted by atomic mass is 10.1. The first-order valence-corrected chi connectivity index (χ1v) is 6.73. The van der Waals surface area contributed by atoms with Crippen LogP contribution >= 0.6 is 0 Å². The maximum absolute atomic E-state index is 12.1. The Morgan fingerprint density at radius 3 is 2.20 bits per heavy atom. The zero-order valence-corrected chi connectivity index (χ0v) is 11.1. The van der Waals surface area contributed by atoms with Gasteiger partial charge in [-0.25, -0.2) is 0 Å². The molecular weight excluding hydrogens is 301 g/mol. The van der Waals surface area contributed by atoms with Gasteiger partial charge < -0.3 is 8.92 Å². The minimum absolute atomic E-state index is 0.109. The molecule has 0 spiro atoms. The number of aryl methyl sites for hydroxylation is 1. The Labute approximate surface area is 113 Å². The summed E-state index contributed by atoms with van der Waals surface area (Å²) in [6.45, 7) is 0. The summed E-state index contributed by atoms with van der Waals surface area (Å²) in [6.07, 6.45) is 0.427. The zero-order valence-electron chi connectivity index (χ0n) is 10.3. The topological polar surface area (TPSA) is 69.7 Å². The van der Waals surface area contributed by atoms with Crippen molar-refractivity contribution in [2.45, 2.75) is 18.3 Å². The molecule has 0 heterocycles. The third kappa shape index (κ3) is 4.41. The van der Waals surface area contributed by atoms with Crippen LogP contribution in [0.15, 0.2) is 24.3 Å². The Bertz CT molecular complexity index is 563. The smallest absolute Gasteiger partial charge is 0.469 e. The Morgan fingerprint density at radius 2 is 1.75 bits per heavy atom. The quantitative estimate of drug-likeness (QED) is 0.472. The van der Waals surface area contributed by atoms with Gasteiger partial charge in [0.15, 0.2) is 0 Å². The van der Waals surface area contributed by atoms with E-state index >= 15 is 0 Å². The van der Waals surface area contributed by atoms with Crippen molar-refractivity contribution in [3.63, 3.8) is 0 Å². The van der Waals surface area contributed by atoms with Crippen LogP contribution in [0.5, 0.6) is 5.75 Å². The Morgan fingerprint density at radius 1 is 1.20 bits per heavy atom. The number of alkyl halides is 3. The van der Waals surface area contributed by atoms with Gasteiger partial charge in [0.05, 0.1) is 7.11 Å². The number of carbonyl (C=O) groups excluding carboxylic acids is 1. The minimum atomic E-state index is -5.67. The lowest BCUT2D eigenvalue weighted by Gasteiger charge is -2.09. The normalized spacial score (nSPS) is 12.0. The van der Waals surface area contributed by atoms with Gasteiger partial charge in [0, 0.05) is 6.42 Å². The molecule has 9 heteroatoms. The first-order valence-electron chi connectivity index (χ1n) is 5.32. The van der Waals surface area contributed by atoms with Crippen LogP contribution in [0.1, 0.15) is 12.0 Å². The number of methoxy groups -OCH3 is 1. The van der Waals surface area contributed by atoms with Crippen molar-refractivity contribution in [1.29, 1.82) is 0 Å². The van der Waals surface area contributed by atoms with Crippen molar-refractivity contribution in [3.05, 3.63) is 29.8 Å². The molecule has 1 aromatic carbocycles. The van der Waals surface area contributed by atoms with Gasteiger partial charge in [-0.05, 0) is 24.1 Å². The van der Waals surface area contributed by atoms with Gasteiger partial charge in [-0.1, -0.05) is 12.1 Å². The summed E-state index contributed by atoms with van der Waals surface area (Å²) in [5, 5.41) is 0. The predicted octanol–water partition coefficient (Wildman–Crippen LogP) is 2.02. The standard InChI is InChI=1S/C11H11F3O5S/c1-18-10(15)7-4-8-2-5-9(6-3-8)19-20(16,17)11(12,13)14/h2-3,5-6H,4,7H2,1H3. The second-order valence-corrected chi connectivity index (χ2v) is 5.24. The summed E-state index contributed by atoms with van der Waals surface area (Å²) in [5.74, 6) is -0.880. The van der Waals surface area contributed by atoms with Gasteiger partial charge in [0.2, 0.25) is 0 Å². The van der Waals surface area contributed by atoms with Crippen molar-refractivity contribution >= 4 is 16.1 Å². The summed E-state index contributed by atoms with van der Waals surface area (Å²) in [7, 11) is -4.43. The van der Waals surface area contributed by atoms with Crippen LogP contribution in [-0.4, -0.2) is 27.0 Å². The highest BCUT2D eigenvalue weighted by molar-refractivity contribution is 7.87. The molecule has 1 aromatic rings. The molecule has 0 radical (unpaired) electrons. The number of halogens is 3. The molecule has 0 saturated heterocycles.